The van der Waals surface area contributed by atoms with Crippen LogP contribution in [0.2, 0.25) is 0 Å². The maximum atomic E-state index is 12.9. The van der Waals surface area contributed by atoms with E-state index in [0.717, 1.165) is 28.9 Å². The number of rotatable bonds is 3. The van der Waals surface area contributed by atoms with Gasteiger partial charge in [-0.15, -0.1) is 0 Å². The van der Waals surface area contributed by atoms with E-state index in [-0.39, 0.29) is 5.82 Å². The average molecular weight is 283 g/mol. The van der Waals surface area contributed by atoms with E-state index in [4.69, 9.17) is 0 Å². The van der Waals surface area contributed by atoms with Gasteiger partial charge in [0.15, 0.2) is 0 Å². The van der Waals surface area contributed by atoms with Crippen molar-refractivity contribution >= 4 is 5.69 Å². The summed E-state index contributed by atoms with van der Waals surface area (Å²) >= 11 is 0. The van der Waals surface area contributed by atoms with Gasteiger partial charge in [0.05, 0.1) is 5.56 Å². The molecule has 0 amide bonds. The van der Waals surface area contributed by atoms with Gasteiger partial charge in [0.25, 0.3) is 0 Å². The maximum Gasteiger partial charge on any atom is 0.416 e. The monoisotopic (exact) mass is 283 g/mol. The van der Waals surface area contributed by atoms with Crippen molar-refractivity contribution in [3.63, 3.8) is 0 Å². The summed E-state index contributed by atoms with van der Waals surface area (Å²) < 4.78 is 50.2. The number of alkyl halides is 3. The van der Waals surface area contributed by atoms with Crippen LogP contribution in [0.15, 0.2) is 42.5 Å². The SMILES string of the molecule is Cc1cc(F)ccc1NCc1ccc(C(F)(F)F)cc1. The van der Waals surface area contributed by atoms with E-state index in [2.05, 4.69) is 5.32 Å². The van der Waals surface area contributed by atoms with Gasteiger partial charge in [-0.25, -0.2) is 4.39 Å². The lowest BCUT2D eigenvalue weighted by molar-refractivity contribution is -0.137. The Labute approximate surface area is 114 Å². The topological polar surface area (TPSA) is 12.0 Å². The molecule has 2 rings (SSSR count). The van der Waals surface area contributed by atoms with Gasteiger partial charge < -0.3 is 5.32 Å². The zero-order valence-electron chi connectivity index (χ0n) is 10.8. The van der Waals surface area contributed by atoms with Crippen LogP contribution < -0.4 is 5.32 Å². The molecule has 0 aliphatic rings. The Morgan fingerprint density at radius 2 is 1.65 bits per heavy atom. The van der Waals surface area contributed by atoms with Crippen LogP contribution in [0, 0.1) is 12.7 Å². The number of nitrogens with one attached hydrogen (secondary N) is 1. The van der Waals surface area contributed by atoms with Gasteiger partial charge in [0.1, 0.15) is 5.82 Å². The third kappa shape index (κ3) is 3.50. The molecule has 106 valence electrons. The van der Waals surface area contributed by atoms with Gasteiger partial charge in [0, 0.05) is 12.2 Å². The van der Waals surface area contributed by atoms with Crippen LogP contribution in [0.4, 0.5) is 23.2 Å². The predicted molar refractivity (Wildman–Crippen MR) is 69.9 cm³/mol. The van der Waals surface area contributed by atoms with Gasteiger partial charge >= 0.3 is 6.18 Å². The Bertz CT molecular complexity index is 588. The first-order chi connectivity index (χ1) is 9.36. The van der Waals surface area contributed by atoms with Crippen molar-refractivity contribution < 1.29 is 17.6 Å². The van der Waals surface area contributed by atoms with Gasteiger partial charge in [-0.05, 0) is 48.4 Å². The largest absolute Gasteiger partial charge is 0.416 e. The Hall–Kier alpha value is -2.04. The standard InChI is InChI=1S/C15H13F4N/c1-10-8-13(16)6-7-14(10)20-9-11-2-4-12(5-3-11)15(17,18)19/h2-8,20H,9H2,1H3. The molecule has 0 spiro atoms. The number of anilines is 1. The lowest BCUT2D eigenvalue weighted by Crippen LogP contribution is -2.06. The summed E-state index contributed by atoms with van der Waals surface area (Å²) in [5.74, 6) is -0.317. The van der Waals surface area contributed by atoms with Crippen LogP contribution in [0.25, 0.3) is 0 Å². The van der Waals surface area contributed by atoms with E-state index < -0.39 is 11.7 Å². The van der Waals surface area contributed by atoms with Crippen LogP contribution in [-0.4, -0.2) is 0 Å². The molecule has 0 bridgehead atoms. The van der Waals surface area contributed by atoms with Gasteiger partial charge in [-0.2, -0.15) is 13.2 Å². The number of halogens is 4. The van der Waals surface area contributed by atoms with Crippen molar-refractivity contribution in [1.29, 1.82) is 0 Å². The highest BCUT2D eigenvalue weighted by Gasteiger charge is 2.29. The van der Waals surface area contributed by atoms with E-state index in [1.165, 1.54) is 24.3 Å². The normalized spacial score (nSPS) is 11.4. The van der Waals surface area contributed by atoms with Crippen LogP contribution in [0.3, 0.4) is 0 Å². The van der Waals surface area contributed by atoms with Crippen LogP contribution >= 0.6 is 0 Å². The van der Waals surface area contributed by atoms with E-state index >= 15 is 0 Å². The van der Waals surface area contributed by atoms with Crippen molar-refractivity contribution in [2.75, 3.05) is 5.32 Å². The molecule has 1 N–H and O–H groups in total. The van der Waals surface area contributed by atoms with E-state index in [0.29, 0.717) is 6.54 Å². The molecular weight excluding hydrogens is 270 g/mol. The van der Waals surface area contributed by atoms with Crippen molar-refractivity contribution in [3.8, 4) is 0 Å². The third-order valence-corrected chi connectivity index (χ3v) is 2.95. The molecule has 0 unspecified atom stereocenters. The molecule has 5 heteroatoms. The van der Waals surface area contributed by atoms with Crippen LogP contribution in [0.5, 0.6) is 0 Å². The fraction of sp³-hybridized carbons (Fsp3) is 0.200. The average Bonchev–Trinajstić information content (AvgIpc) is 2.37. The summed E-state index contributed by atoms with van der Waals surface area (Å²) in [6.07, 6.45) is -4.32. The Balaban J connectivity index is 2.04. The fourth-order valence-electron chi connectivity index (χ4n) is 1.83. The first-order valence-corrected chi connectivity index (χ1v) is 6.02. The highest BCUT2D eigenvalue weighted by molar-refractivity contribution is 5.50. The van der Waals surface area contributed by atoms with E-state index in [1.807, 2.05) is 0 Å². The minimum absolute atomic E-state index is 0.317. The minimum atomic E-state index is -4.32. The maximum absolute atomic E-state index is 12.9. The van der Waals surface area contributed by atoms with Gasteiger partial charge in [-0.3, -0.25) is 0 Å². The predicted octanol–water partition coefficient (Wildman–Crippen LogP) is 4.77. The van der Waals surface area contributed by atoms with Crippen molar-refractivity contribution in [3.05, 3.63) is 65.0 Å². The van der Waals surface area contributed by atoms with E-state index in [1.54, 1.807) is 13.0 Å². The molecule has 0 saturated carbocycles. The summed E-state index contributed by atoms with van der Waals surface area (Å²) in [7, 11) is 0. The second-order valence-corrected chi connectivity index (χ2v) is 4.51. The van der Waals surface area contributed by atoms with Crippen LogP contribution in [-0.2, 0) is 12.7 Å². The Kier molecular flexibility index (Phi) is 3.97. The molecule has 20 heavy (non-hydrogen) atoms. The molecule has 2 aromatic carbocycles. The molecule has 0 heterocycles. The molecular formula is C15H13F4N. The summed E-state index contributed by atoms with van der Waals surface area (Å²) in [5, 5.41) is 3.07. The van der Waals surface area contributed by atoms with Crippen molar-refractivity contribution in [2.24, 2.45) is 0 Å². The molecule has 1 nitrogen and oxygen atoms in total. The molecule has 0 fully saturated rings. The first-order valence-electron chi connectivity index (χ1n) is 6.02. The zero-order valence-corrected chi connectivity index (χ0v) is 10.8. The minimum Gasteiger partial charge on any atom is -0.381 e. The van der Waals surface area contributed by atoms with E-state index in [9.17, 15) is 17.6 Å². The molecule has 0 saturated heterocycles. The fourth-order valence-corrected chi connectivity index (χ4v) is 1.83. The smallest absolute Gasteiger partial charge is 0.381 e. The molecule has 0 aliphatic carbocycles. The Morgan fingerprint density at radius 3 is 2.20 bits per heavy atom. The summed E-state index contributed by atoms with van der Waals surface area (Å²) in [6, 6.07) is 9.29. The highest BCUT2D eigenvalue weighted by atomic mass is 19.4. The molecule has 0 aromatic heterocycles. The molecule has 0 atom stereocenters. The second kappa shape index (κ2) is 5.53. The summed E-state index contributed by atoms with van der Waals surface area (Å²) in [5.41, 5.74) is 1.56. The van der Waals surface area contributed by atoms with Crippen molar-refractivity contribution in [1.82, 2.24) is 0 Å². The zero-order chi connectivity index (χ0) is 14.8. The highest BCUT2D eigenvalue weighted by Crippen LogP contribution is 2.29. The number of benzene rings is 2. The third-order valence-electron chi connectivity index (χ3n) is 2.95. The quantitative estimate of drug-likeness (QED) is 0.800. The number of hydrogen-bond donors (Lipinski definition) is 1. The Morgan fingerprint density at radius 1 is 1.00 bits per heavy atom. The molecule has 2 aromatic rings. The second-order valence-electron chi connectivity index (χ2n) is 4.51. The molecule has 0 radical (unpaired) electrons. The summed E-state index contributed by atoms with van der Waals surface area (Å²) in [6.45, 7) is 2.14. The lowest BCUT2D eigenvalue weighted by atomic mass is 10.1. The molecule has 0 aliphatic heterocycles. The van der Waals surface area contributed by atoms with Gasteiger partial charge in [-0.1, -0.05) is 12.1 Å². The summed E-state index contributed by atoms with van der Waals surface area (Å²) in [4.78, 5) is 0. The van der Waals surface area contributed by atoms with Crippen molar-refractivity contribution in [2.45, 2.75) is 19.6 Å². The number of aryl methyl sites for hydroxylation is 1. The first kappa shape index (κ1) is 14.4. The number of hydrogen-bond acceptors (Lipinski definition) is 1. The van der Waals surface area contributed by atoms with Crippen LogP contribution in [0.1, 0.15) is 16.7 Å². The lowest BCUT2D eigenvalue weighted by Gasteiger charge is -2.11. The van der Waals surface area contributed by atoms with Gasteiger partial charge in [0.2, 0.25) is 0 Å².